The molecule has 1 atom stereocenters. The number of benzene rings is 2. The Morgan fingerprint density at radius 1 is 1.04 bits per heavy atom. The van der Waals surface area contributed by atoms with Crippen LogP contribution in [0.2, 0.25) is 5.02 Å². The van der Waals surface area contributed by atoms with Crippen molar-refractivity contribution >= 4 is 11.6 Å². The number of hydrogen-bond donors (Lipinski definition) is 3. The highest BCUT2D eigenvalue weighted by Crippen LogP contribution is 2.37. The minimum absolute atomic E-state index is 0.332. The summed E-state index contributed by atoms with van der Waals surface area (Å²) in [6.07, 6.45) is -0.332. The van der Waals surface area contributed by atoms with Gasteiger partial charge in [-0.2, -0.15) is 0 Å². The SMILES string of the molecule is CCOc1cc(CNCCNC[C@@H](C)O)cc(Cl)c1OCc1ccccc1. The standard InChI is InChI=1S/C21H29ClN2O3/c1-3-26-20-12-18(14-24-10-9-23-13-16(2)25)11-19(22)21(20)27-15-17-7-5-4-6-8-17/h4-8,11-12,16,23-25H,3,9-10,13-15H2,1-2H3/t16-/m1/s1. The summed E-state index contributed by atoms with van der Waals surface area (Å²) < 4.78 is 11.7. The Labute approximate surface area is 166 Å². The Morgan fingerprint density at radius 3 is 2.48 bits per heavy atom. The molecule has 0 radical (unpaired) electrons. The van der Waals surface area contributed by atoms with E-state index in [1.54, 1.807) is 6.92 Å². The third kappa shape index (κ3) is 7.77. The topological polar surface area (TPSA) is 62.8 Å². The summed E-state index contributed by atoms with van der Waals surface area (Å²) in [6, 6.07) is 13.8. The molecule has 0 unspecified atom stereocenters. The first kappa shape index (κ1) is 21.5. The van der Waals surface area contributed by atoms with Gasteiger partial charge in [0.2, 0.25) is 0 Å². The summed E-state index contributed by atoms with van der Waals surface area (Å²) in [7, 11) is 0. The van der Waals surface area contributed by atoms with Crippen LogP contribution in [0.4, 0.5) is 0 Å². The summed E-state index contributed by atoms with van der Waals surface area (Å²) in [5, 5.41) is 16.3. The maximum atomic E-state index is 9.22. The lowest BCUT2D eigenvalue weighted by Crippen LogP contribution is -2.31. The van der Waals surface area contributed by atoms with Gasteiger partial charge in [0.15, 0.2) is 11.5 Å². The molecule has 0 fully saturated rings. The average Bonchev–Trinajstić information content (AvgIpc) is 2.65. The van der Waals surface area contributed by atoms with E-state index in [-0.39, 0.29) is 6.10 Å². The second-order valence-electron chi connectivity index (χ2n) is 6.34. The first-order valence-electron chi connectivity index (χ1n) is 9.31. The maximum Gasteiger partial charge on any atom is 0.180 e. The average molecular weight is 393 g/mol. The van der Waals surface area contributed by atoms with E-state index >= 15 is 0 Å². The second kappa shape index (κ2) is 11.8. The molecule has 6 heteroatoms. The van der Waals surface area contributed by atoms with Crippen molar-refractivity contribution in [1.82, 2.24) is 10.6 Å². The van der Waals surface area contributed by atoms with Crippen LogP contribution in [0, 0.1) is 0 Å². The molecule has 148 valence electrons. The zero-order valence-electron chi connectivity index (χ0n) is 16.0. The number of nitrogens with one attached hydrogen (secondary N) is 2. The molecular weight excluding hydrogens is 364 g/mol. The monoisotopic (exact) mass is 392 g/mol. The lowest BCUT2D eigenvalue weighted by molar-refractivity contribution is 0.191. The first-order chi connectivity index (χ1) is 13.1. The van der Waals surface area contributed by atoms with Gasteiger partial charge in [0, 0.05) is 26.2 Å². The van der Waals surface area contributed by atoms with Gasteiger partial charge in [0.05, 0.1) is 17.7 Å². The van der Waals surface area contributed by atoms with Gasteiger partial charge in [-0.15, -0.1) is 0 Å². The smallest absolute Gasteiger partial charge is 0.180 e. The molecule has 2 rings (SSSR count). The molecule has 0 bridgehead atoms. The molecule has 0 aliphatic heterocycles. The molecule has 0 aliphatic rings. The van der Waals surface area contributed by atoms with Gasteiger partial charge in [0.1, 0.15) is 6.61 Å². The van der Waals surface area contributed by atoms with Gasteiger partial charge in [0.25, 0.3) is 0 Å². The van der Waals surface area contributed by atoms with Crippen LogP contribution >= 0.6 is 11.6 Å². The fraction of sp³-hybridized carbons (Fsp3) is 0.429. The molecule has 0 saturated carbocycles. The number of aliphatic hydroxyl groups is 1. The van der Waals surface area contributed by atoms with Crippen LogP contribution in [0.25, 0.3) is 0 Å². The first-order valence-corrected chi connectivity index (χ1v) is 9.69. The molecule has 0 aromatic heterocycles. The van der Waals surface area contributed by atoms with E-state index in [4.69, 9.17) is 21.1 Å². The van der Waals surface area contributed by atoms with E-state index in [2.05, 4.69) is 10.6 Å². The van der Waals surface area contributed by atoms with E-state index in [0.29, 0.717) is 42.8 Å². The maximum absolute atomic E-state index is 9.22. The van der Waals surface area contributed by atoms with Gasteiger partial charge in [-0.1, -0.05) is 41.9 Å². The van der Waals surface area contributed by atoms with E-state index in [1.807, 2.05) is 49.4 Å². The molecular formula is C21H29ClN2O3. The highest BCUT2D eigenvalue weighted by molar-refractivity contribution is 6.32. The number of hydrogen-bond acceptors (Lipinski definition) is 5. The third-order valence-corrected chi connectivity index (χ3v) is 4.12. The van der Waals surface area contributed by atoms with Gasteiger partial charge >= 0.3 is 0 Å². The van der Waals surface area contributed by atoms with Crippen molar-refractivity contribution < 1.29 is 14.6 Å². The normalized spacial score (nSPS) is 12.0. The quantitative estimate of drug-likeness (QED) is 0.483. The molecule has 27 heavy (non-hydrogen) atoms. The van der Waals surface area contributed by atoms with Crippen LogP contribution in [0.1, 0.15) is 25.0 Å². The zero-order valence-corrected chi connectivity index (χ0v) is 16.8. The van der Waals surface area contributed by atoms with E-state index in [1.165, 1.54) is 0 Å². The van der Waals surface area contributed by atoms with Gasteiger partial charge < -0.3 is 25.2 Å². The van der Waals surface area contributed by atoms with Crippen LogP contribution in [0.15, 0.2) is 42.5 Å². The van der Waals surface area contributed by atoms with Crippen molar-refractivity contribution in [3.63, 3.8) is 0 Å². The number of aliphatic hydroxyl groups excluding tert-OH is 1. The van der Waals surface area contributed by atoms with Crippen LogP contribution < -0.4 is 20.1 Å². The van der Waals surface area contributed by atoms with E-state index < -0.39 is 0 Å². The van der Waals surface area contributed by atoms with Crippen LogP contribution in [0.5, 0.6) is 11.5 Å². The molecule has 3 N–H and O–H groups in total. The van der Waals surface area contributed by atoms with Crippen molar-refractivity contribution in [3.8, 4) is 11.5 Å². The van der Waals surface area contributed by atoms with Crippen molar-refractivity contribution in [2.75, 3.05) is 26.2 Å². The predicted molar refractivity (Wildman–Crippen MR) is 110 cm³/mol. The molecule has 0 amide bonds. The minimum atomic E-state index is -0.332. The molecule has 0 aliphatic carbocycles. The lowest BCUT2D eigenvalue weighted by Gasteiger charge is -2.16. The summed E-state index contributed by atoms with van der Waals surface area (Å²) in [5.74, 6) is 1.23. The Bertz CT molecular complexity index is 681. The van der Waals surface area contributed by atoms with Gasteiger partial charge in [-0.05, 0) is 37.1 Å². The van der Waals surface area contributed by atoms with Crippen LogP contribution in [0.3, 0.4) is 0 Å². The predicted octanol–water partition coefficient (Wildman–Crippen LogP) is 3.38. The molecule has 0 heterocycles. The molecule has 2 aromatic carbocycles. The van der Waals surface area contributed by atoms with Crippen molar-refractivity contribution in [2.45, 2.75) is 33.1 Å². The Morgan fingerprint density at radius 2 is 1.78 bits per heavy atom. The molecule has 2 aromatic rings. The highest BCUT2D eigenvalue weighted by atomic mass is 35.5. The highest BCUT2D eigenvalue weighted by Gasteiger charge is 2.13. The zero-order chi connectivity index (χ0) is 19.5. The third-order valence-electron chi connectivity index (χ3n) is 3.84. The summed E-state index contributed by atoms with van der Waals surface area (Å²) in [6.45, 7) is 7.53. The van der Waals surface area contributed by atoms with Gasteiger partial charge in [-0.25, -0.2) is 0 Å². The summed E-state index contributed by atoms with van der Waals surface area (Å²) in [5.41, 5.74) is 2.11. The van der Waals surface area contributed by atoms with Crippen LogP contribution in [-0.4, -0.2) is 37.5 Å². The molecule has 0 spiro atoms. The molecule has 5 nitrogen and oxygen atoms in total. The largest absolute Gasteiger partial charge is 0.490 e. The number of halogens is 1. The Balaban J connectivity index is 1.93. The molecule has 0 saturated heterocycles. The Kier molecular flexibility index (Phi) is 9.42. The van der Waals surface area contributed by atoms with Crippen molar-refractivity contribution in [3.05, 3.63) is 58.6 Å². The minimum Gasteiger partial charge on any atom is -0.490 e. The summed E-state index contributed by atoms with van der Waals surface area (Å²) >= 11 is 6.46. The fourth-order valence-electron chi connectivity index (χ4n) is 2.58. The van der Waals surface area contributed by atoms with Crippen LogP contribution in [-0.2, 0) is 13.2 Å². The van der Waals surface area contributed by atoms with Crippen molar-refractivity contribution in [2.24, 2.45) is 0 Å². The second-order valence-corrected chi connectivity index (χ2v) is 6.75. The summed E-state index contributed by atoms with van der Waals surface area (Å²) in [4.78, 5) is 0. The number of rotatable bonds is 12. The van der Waals surface area contributed by atoms with E-state index in [0.717, 1.165) is 24.2 Å². The Hall–Kier alpha value is -1.79. The van der Waals surface area contributed by atoms with Gasteiger partial charge in [-0.3, -0.25) is 0 Å². The van der Waals surface area contributed by atoms with E-state index in [9.17, 15) is 5.11 Å². The van der Waals surface area contributed by atoms with Crippen molar-refractivity contribution in [1.29, 1.82) is 0 Å². The fourth-order valence-corrected chi connectivity index (χ4v) is 2.86. The lowest BCUT2D eigenvalue weighted by atomic mass is 10.2. The number of ether oxygens (including phenoxy) is 2.